The molecule has 1 fully saturated rings. The highest BCUT2D eigenvalue weighted by atomic mass is 35.5. The molecular weight excluding hydrogens is 298 g/mol. The zero-order valence-electron chi connectivity index (χ0n) is 13.0. The molecule has 1 aliphatic rings. The van der Waals surface area contributed by atoms with Crippen molar-refractivity contribution < 1.29 is 0 Å². The number of anilines is 1. The molecule has 0 spiro atoms. The van der Waals surface area contributed by atoms with Crippen molar-refractivity contribution in [3.05, 3.63) is 46.6 Å². The third-order valence-electron chi connectivity index (χ3n) is 4.01. The van der Waals surface area contributed by atoms with E-state index in [0.717, 1.165) is 50.1 Å². The molecule has 0 saturated carbocycles. The first-order valence-electron chi connectivity index (χ1n) is 7.50. The van der Waals surface area contributed by atoms with Gasteiger partial charge in [0.25, 0.3) is 0 Å². The number of nitrogens with zero attached hydrogens (tertiary/aromatic N) is 5. The van der Waals surface area contributed by atoms with Crippen molar-refractivity contribution in [2.24, 2.45) is 0 Å². The van der Waals surface area contributed by atoms with Crippen LogP contribution in [0.4, 0.5) is 5.82 Å². The van der Waals surface area contributed by atoms with Gasteiger partial charge in [-0.05, 0) is 25.5 Å². The molecule has 0 N–H and O–H groups in total. The molecule has 2 aromatic rings. The van der Waals surface area contributed by atoms with Crippen LogP contribution in [0.5, 0.6) is 0 Å². The summed E-state index contributed by atoms with van der Waals surface area (Å²) < 4.78 is 0. The summed E-state index contributed by atoms with van der Waals surface area (Å²) in [6.45, 7) is 8.70. The molecule has 22 heavy (non-hydrogen) atoms. The van der Waals surface area contributed by atoms with Gasteiger partial charge >= 0.3 is 0 Å². The summed E-state index contributed by atoms with van der Waals surface area (Å²) >= 11 is 6.23. The number of piperazine rings is 1. The molecule has 3 heterocycles. The van der Waals surface area contributed by atoms with Crippen LogP contribution in [0.25, 0.3) is 0 Å². The molecule has 6 heteroatoms. The molecule has 0 atom stereocenters. The zero-order chi connectivity index (χ0) is 15.5. The third-order valence-corrected chi connectivity index (χ3v) is 4.28. The van der Waals surface area contributed by atoms with Crippen molar-refractivity contribution in [2.75, 3.05) is 31.1 Å². The number of pyridine rings is 1. The summed E-state index contributed by atoms with van der Waals surface area (Å²) in [6, 6.07) is 4.10. The monoisotopic (exact) mass is 317 g/mol. The minimum absolute atomic E-state index is 0.625. The molecule has 1 saturated heterocycles. The van der Waals surface area contributed by atoms with Crippen LogP contribution in [-0.4, -0.2) is 46.0 Å². The topological polar surface area (TPSA) is 45.2 Å². The predicted octanol–water partition coefficient (Wildman–Crippen LogP) is 2.46. The van der Waals surface area contributed by atoms with E-state index in [-0.39, 0.29) is 0 Å². The van der Waals surface area contributed by atoms with Crippen molar-refractivity contribution in [2.45, 2.75) is 20.4 Å². The van der Waals surface area contributed by atoms with Crippen LogP contribution in [0.2, 0.25) is 5.02 Å². The van der Waals surface area contributed by atoms with Crippen molar-refractivity contribution >= 4 is 17.4 Å². The van der Waals surface area contributed by atoms with Crippen LogP contribution in [0.15, 0.2) is 24.5 Å². The summed E-state index contributed by atoms with van der Waals surface area (Å²) in [7, 11) is 0. The Labute approximate surface area is 136 Å². The van der Waals surface area contributed by atoms with E-state index in [2.05, 4.69) is 37.7 Å². The van der Waals surface area contributed by atoms with Gasteiger partial charge < -0.3 is 4.90 Å². The molecule has 2 aromatic heterocycles. The van der Waals surface area contributed by atoms with Gasteiger partial charge in [0.1, 0.15) is 10.8 Å². The molecule has 0 aliphatic carbocycles. The van der Waals surface area contributed by atoms with Crippen LogP contribution in [-0.2, 0) is 6.54 Å². The predicted molar refractivity (Wildman–Crippen MR) is 88.2 cm³/mol. The molecule has 0 amide bonds. The van der Waals surface area contributed by atoms with E-state index in [9.17, 15) is 0 Å². The van der Waals surface area contributed by atoms with Crippen LogP contribution in [0.3, 0.4) is 0 Å². The lowest BCUT2D eigenvalue weighted by Crippen LogP contribution is -2.46. The highest BCUT2D eigenvalue weighted by Gasteiger charge is 2.21. The van der Waals surface area contributed by atoms with Gasteiger partial charge in [0.15, 0.2) is 5.82 Å². The Balaban J connectivity index is 1.63. The fourth-order valence-corrected chi connectivity index (χ4v) is 2.89. The molecule has 3 rings (SSSR count). The van der Waals surface area contributed by atoms with E-state index >= 15 is 0 Å². The third kappa shape index (κ3) is 3.36. The van der Waals surface area contributed by atoms with Gasteiger partial charge in [-0.15, -0.1) is 0 Å². The van der Waals surface area contributed by atoms with Gasteiger partial charge in [0, 0.05) is 38.9 Å². The number of aromatic nitrogens is 3. The fraction of sp³-hybridized carbons (Fsp3) is 0.438. The summed E-state index contributed by atoms with van der Waals surface area (Å²) in [5.74, 6) is 1.61. The minimum Gasteiger partial charge on any atom is -0.353 e. The quantitative estimate of drug-likeness (QED) is 0.870. The average Bonchev–Trinajstić information content (AvgIpc) is 2.53. The number of halogens is 1. The second-order valence-corrected chi connectivity index (χ2v) is 6.03. The second kappa shape index (κ2) is 6.58. The van der Waals surface area contributed by atoms with Gasteiger partial charge in [0.2, 0.25) is 0 Å². The Morgan fingerprint density at radius 1 is 1.14 bits per heavy atom. The molecule has 5 nitrogen and oxygen atoms in total. The molecule has 0 radical (unpaired) electrons. The highest BCUT2D eigenvalue weighted by molar-refractivity contribution is 6.32. The van der Waals surface area contributed by atoms with Crippen LogP contribution >= 0.6 is 11.6 Å². The molecule has 0 aromatic carbocycles. The largest absolute Gasteiger partial charge is 0.353 e. The van der Waals surface area contributed by atoms with E-state index in [0.29, 0.717) is 5.02 Å². The lowest BCUT2D eigenvalue weighted by Gasteiger charge is -2.35. The first kappa shape index (κ1) is 15.2. The van der Waals surface area contributed by atoms with Crippen molar-refractivity contribution in [1.29, 1.82) is 0 Å². The number of hydrogen-bond donors (Lipinski definition) is 0. The minimum atomic E-state index is 0.625. The van der Waals surface area contributed by atoms with E-state index in [1.165, 1.54) is 5.56 Å². The van der Waals surface area contributed by atoms with Crippen molar-refractivity contribution in [3.63, 3.8) is 0 Å². The molecule has 0 unspecified atom stereocenters. The lowest BCUT2D eigenvalue weighted by molar-refractivity contribution is 0.246. The fourth-order valence-electron chi connectivity index (χ4n) is 2.68. The summed E-state index contributed by atoms with van der Waals surface area (Å²) in [5, 5.41) is 0.625. The van der Waals surface area contributed by atoms with E-state index < -0.39 is 0 Å². The first-order valence-corrected chi connectivity index (χ1v) is 7.88. The standard InChI is InChI=1S/C16H20ClN5/c1-12-4-3-5-18-15(12)11-21-6-8-22(9-7-21)16-14(17)10-19-13(2)20-16/h3-5,10H,6-9,11H2,1-2H3. The second-order valence-electron chi connectivity index (χ2n) is 5.62. The molecular formula is C16H20ClN5. The molecule has 116 valence electrons. The number of rotatable bonds is 3. The maximum atomic E-state index is 6.23. The van der Waals surface area contributed by atoms with Crippen molar-refractivity contribution in [1.82, 2.24) is 19.9 Å². The van der Waals surface area contributed by atoms with Gasteiger partial charge in [-0.1, -0.05) is 17.7 Å². The molecule has 1 aliphatic heterocycles. The van der Waals surface area contributed by atoms with Crippen LogP contribution in [0.1, 0.15) is 17.1 Å². The smallest absolute Gasteiger partial charge is 0.151 e. The Morgan fingerprint density at radius 3 is 2.64 bits per heavy atom. The Hall–Kier alpha value is -1.72. The van der Waals surface area contributed by atoms with Gasteiger partial charge in [-0.25, -0.2) is 9.97 Å². The number of aryl methyl sites for hydroxylation is 2. The van der Waals surface area contributed by atoms with Gasteiger partial charge in [-0.2, -0.15) is 0 Å². The SMILES string of the molecule is Cc1ncc(Cl)c(N2CCN(Cc3ncccc3C)CC2)n1. The maximum Gasteiger partial charge on any atom is 0.151 e. The molecule has 0 bridgehead atoms. The van der Waals surface area contributed by atoms with Crippen LogP contribution in [0, 0.1) is 13.8 Å². The maximum absolute atomic E-state index is 6.23. The Bertz CT molecular complexity index is 653. The Kier molecular flexibility index (Phi) is 4.55. The summed E-state index contributed by atoms with van der Waals surface area (Å²) in [6.07, 6.45) is 3.55. The number of hydrogen-bond acceptors (Lipinski definition) is 5. The van der Waals surface area contributed by atoms with Crippen LogP contribution < -0.4 is 4.90 Å². The first-order chi connectivity index (χ1) is 10.6. The lowest BCUT2D eigenvalue weighted by atomic mass is 10.2. The van der Waals surface area contributed by atoms with E-state index in [4.69, 9.17) is 11.6 Å². The van der Waals surface area contributed by atoms with Crippen molar-refractivity contribution in [3.8, 4) is 0 Å². The normalized spacial score (nSPS) is 16.0. The zero-order valence-corrected chi connectivity index (χ0v) is 13.7. The van der Waals surface area contributed by atoms with Gasteiger partial charge in [0.05, 0.1) is 11.9 Å². The van der Waals surface area contributed by atoms with E-state index in [1.54, 1.807) is 6.20 Å². The Morgan fingerprint density at radius 2 is 1.91 bits per heavy atom. The van der Waals surface area contributed by atoms with Gasteiger partial charge in [-0.3, -0.25) is 9.88 Å². The average molecular weight is 318 g/mol. The highest BCUT2D eigenvalue weighted by Crippen LogP contribution is 2.23. The van der Waals surface area contributed by atoms with E-state index in [1.807, 2.05) is 19.2 Å². The summed E-state index contributed by atoms with van der Waals surface area (Å²) in [5.41, 5.74) is 2.41. The summed E-state index contributed by atoms with van der Waals surface area (Å²) in [4.78, 5) is 17.7.